The number of rotatable bonds is 6. The van der Waals surface area contributed by atoms with Gasteiger partial charge in [-0.1, -0.05) is 43.3 Å². The molecule has 8 nitrogen and oxygen atoms in total. The van der Waals surface area contributed by atoms with Crippen molar-refractivity contribution in [2.45, 2.75) is 20.3 Å². The summed E-state index contributed by atoms with van der Waals surface area (Å²) >= 11 is 0. The average molecular weight is 422 g/mol. The minimum Gasteiger partial charge on any atom is -0.455 e. The van der Waals surface area contributed by atoms with Crippen molar-refractivity contribution >= 4 is 28.9 Å². The van der Waals surface area contributed by atoms with E-state index in [4.69, 9.17) is 9.15 Å². The highest BCUT2D eigenvalue weighted by molar-refractivity contribution is 6.03. The summed E-state index contributed by atoms with van der Waals surface area (Å²) in [7, 11) is 0. The van der Waals surface area contributed by atoms with Crippen LogP contribution in [0.5, 0.6) is 0 Å². The lowest BCUT2D eigenvalue weighted by molar-refractivity contribution is -0.123. The van der Waals surface area contributed by atoms with Crippen LogP contribution in [0.15, 0.2) is 57.7 Å². The number of benzene rings is 2. The summed E-state index contributed by atoms with van der Waals surface area (Å²) in [5.74, 6) is -1.27. The lowest BCUT2D eigenvalue weighted by atomic mass is 10.0. The predicted octanol–water partition coefficient (Wildman–Crippen LogP) is 3.16. The number of hydrogen-bond donors (Lipinski definition) is 2. The van der Waals surface area contributed by atoms with E-state index >= 15 is 0 Å². The first-order valence-corrected chi connectivity index (χ1v) is 9.79. The third-order valence-corrected chi connectivity index (χ3v) is 4.52. The van der Waals surface area contributed by atoms with Crippen LogP contribution in [0.2, 0.25) is 0 Å². The molecule has 3 aromatic rings. The van der Waals surface area contributed by atoms with Crippen molar-refractivity contribution in [2.75, 3.05) is 13.2 Å². The molecule has 0 saturated heterocycles. The topological polar surface area (TPSA) is 115 Å². The molecule has 0 fully saturated rings. The molecule has 8 heteroatoms. The lowest BCUT2D eigenvalue weighted by Gasteiger charge is -2.10. The van der Waals surface area contributed by atoms with Gasteiger partial charge in [0, 0.05) is 17.7 Å². The van der Waals surface area contributed by atoms with Gasteiger partial charge >= 0.3 is 12.0 Å². The standard InChI is InChI=1S/C23H22N2O6/c1-3-12-24-23(29)25-18(26)13-30-22(28)17-11-7-10-16-19(27)14(2)20(31-21(16)17)15-8-5-4-6-9-15/h4-11H,3,12-13H2,1-2H3,(H2,24,25,26,29). The molecule has 0 radical (unpaired) electrons. The fraction of sp³-hybridized carbons (Fsp3) is 0.217. The summed E-state index contributed by atoms with van der Waals surface area (Å²) in [5, 5.41) is 4.78. The second-order valence-corrected chi connectivity index (χ2v) is 6.81. The van der Waals surface area contributed by atoms with Crippen LogP contribution in [-0.4, -0.2) is 31.1 Å². The molecule has 0 bridgehead atoms. The minimum absolute atomic E-state index is 0.00927. The van der Waals surface area contributed by atoms with Crippen molar-refractivity contribution < 1.29 is 23.5 Å². The largest absolute Gasteiger partial charge is 0.455 e. The molecule has 0 spiro atoms. The van der Waals surface area contributed by atoms with Crippen LogP contribution < -0.4 is 16.1 Å². The molecule has 3 rings (SSSR count). The maximum Gasteiger partial charge on any atom is 0.342 e. The number of imide groups is 1. The summed E-state index contributed by atoms with van der Waals surface area (Å²) in [6.45, 7) is 3.29. The number of carbonyl (C=O) groups is 3. The highest BCUT2D eigenvalue weighted by atomic mass is 16.5. The monoisotopic (exact) mass is 422 g/mol. The van der Waals surface area contributed by atoms with E-state index in [2.05, 4.69) is 10.6 Å². The van der Waals surface area contributed by atoms with Gasteiger partial charge in [0.1, 0.15) is 11.3 Å². The van der Waals surface area contributed by atoms with Crippen LogP contribution in [0.25, 0.3) is 22.3 Å². The fourth-order valence-corrected chi connectivity index (χ4v) is 2.99. The van der Waals surface area contributed by atoms with E-state index in [9.17, 15) is 19.2 Å². The molecule has 3 amide bonds. The van der Waals surface area contributed by atoms with Gasteiger partial charge in [-0.05, 0) is 25.5 Å². The van der Waals surface area contributed by atoms with Crippen molar-refractivity contribution in [3.8, 4) is 11.3 Å². The van der Waals surface area contributed by atoms with Crippen molar-refractivity contribution in [1.82, 2.24) is 10.6 Å². The van der Waals surface area contributed by atoms with Crippen LogP contribution in [0.3, 0.4) is 0 Å². The second kappa shape index (κ2) is 9.71. The van der Waals surface area contributed by atoms with Gasteiger partial charge in [0.15, 0.2) is 17.6 Å². The Labute approximate surface area is 178 Å². The highest BCUT2D eigenvalue weighted by Crippen LogP contribution is 2.27. The number of nitrogens with one attached hydrogen (secondary N) is 2. The van der Waals surface area contributed by atoms with E-state index in [1.807, 2.05) is 25.1 Å². The van der Waals surface area contributed by atoms with Gasteiger partial charge in [0.25, 0.3) is 5.91 Å². The molecule has 160 valence electrons. The van der Waals surface area contributed by atoms with Crippen LogP contribution in [-0.2, 0) is 9.53 Å². The van der Waals surface area contributed by atoms with E-state index in [-0.39, 0.29) is 22.0 Å². The molecule has 2 N–H and O–H groups in total. The molecular formula is C23H22N2O6. The first-order valence-electron chi connectivity index (χ1n) is 9.79. The van der Waals surface area contributed by atoms with Crippen LogP contribution in [0, 0.1) is 6.92 Å². The second-order valence-electron chi connectivity index (χ2n) is 6.81. The van der Waals surface area contributed by atoms with E-state index in [0.29, 0.717) is 29.9 Å². The molecule has 31 heavy (non-hydrogen) atoms. The Morgan fingerprint density at radius 2 is 1.77 bits per heavy atom. The summed E-state index contributed by atoms with van der Waals surface area (Å²) in [4.78, 5) is 48.8. The first-order chi connectivity index (χ1) is 14.9. The third-order valence-electron chi connectivity index (χ3n) is 4.52. The molecule has 2 aromatic carbocycles. The summed E-state index contributed by atoms with van der Waals surface area (Å²) < 4.78 is 11.0. The van der Waals surface area contributed by atoms with Crippen molar-refractivity contribution in [2.24, 2.45) is 0 Å². The SMILES string of the molecule is CCCNC(=O)NC(=O)COC(=O)c1cccc2c(=O)c(C)c(-c3ccccc3)oc12. The van der Waals surface area contributed by atoms with Crippen LogP contribution in [0.1, 0.15) is 29.3 Å². The molecule has 1 heterocycles. The van der Waals surface area contributed by atoms with Crippen LogP contribution in [0.4, 0.5) is 4.79 Å². The summed E-state index contributed by atoms with van der Waals surface area (Å²) in [5.41, 5.74) is 0.930. The number of fused-ring (bicyclic) bond motifs is 1. The number of esters is 1. The van der Waals surface area contributed by atoms with Gasteiger partial charge in [-0.2, -0.15) is 0 Å². The minimum atomic E-state index is -0.847. The van der Waals surface area contributed by atoms with Gasteiger partial charge in [-0.25, -0.2) is 9.59 Å². The first kappa shape index (κ1) is 21.8. The number of carbonyl (C=O) groups excluding carboxylic acids is 3. The van der Waals surface area contributed by atoms with Gasteiger partial charge in [-0.3, -0.25) is 14.9 Å². The molecule has 1 aromatic heterocycles. The van der Waals surface area contributed by atoms with Crippen molar-refractivity contribution in [3.05, 3.63) is 69.9 Å². The molecule has 0 aliphatic carbocycles. The molecular weight excluding hydrogens is 400 g/mol. The van der Waals surface area contributed by atoms with Gasteiger partial charge in [0.2, 0.25) is 0 Å². The Balaban J connectivity index is 1.86. The zero-order valence-corrected chi connectivity index (χ0v) is 17.2. The Morgan fingerprint density at radius 1 is 1.03 bits per heavy atom. The quantitative estimate of drug-likeness (QED) is 0.590. The van der Waals surface area contributed by atoms with Gasteiger partial charge < -0.3 is 14.5 Å². The third kappa shape index (κ3) is 4.98. The maximum atomic E-state index is 12.9. The smallest absolute Gasteiger partial charge is 0.342 e. The number of ether oxygens (including phenoxy) is 1. The summed E-state index contributed by atoms with van der Waals surface area (Å²) in [6.07, 6.45) is 0.716. The normalized spacial score (nSPS) is 10.5. The van der Waals surface area contributed by atoms with Crippen LogP contribution >= 0.6 is 0 Å². The fourth-order valence-electron chi connectivity index (χ4n) is 2.99. The zero-order chi connectivity index (χ0) is 22.4. The highest BCUT2D eigenvalue weighted by Gasteiger charge is 2.20. The summed E-state index contributed by atoms with van der Waals surface area (Å²) in [6, 6.07) is 12.9. The molecule has 0 aliphatic heterocycles. The Morgan fingerprint density at radius 3 is 2.48 bits per heavy atom. The van der Waals surface area contributed by atoms with Crippen molar-refractivity contribution in [3.63, 3.8) is 0 Å². The maximum absolute atomic E-state index is 12.9. The van der Waals surface area contributed by atoms with E-state index < -0.39 is 24.5 Å². The Bertz CT molecular complexity index is 1180. The van der Waals surface area contributed by atoms with Crippen molar-refractivity contribution in [1.29, 1.82) is 0 Å². The predicted molar refractivity (Wildman–Crippen MR) is 115 cm³/mol. The van der Waals surface area contributed by atoms with E-state index in [0.717, 1.165) is 0 Å². The number of hydrogen-bond acceptors (Lipinski definition) is 6. The zero-order valence-electron chi connectivity index (χ0n) is 17.2. The molecule has 0 saturated carbocycles. The van der Waals surface area contributed by atoms with E-state index in [1.165, 1.54) is 12.1 Å². The lowest BCUT2D eigenvalue weighted by Crippen LogP contribution is -2.41. The van der Waals surface area contributed by atoms with Gasteiger partial charge in [0.05, 0.1) is 5.39 Å². The Kier molecular flexibility index (Phi) is 6.81. The number of amides is 3. The molecule has 0 unspecified atom stereocenters. The number of urea groups is 1. The van der Waals surface area contributed by atoms with E-state index in [1.54, 1.807) is 25.1 Å². The van der Waals surface area contributed by atoms with Gasteiger partial charge in [-0.15, -0.1) is 0 Å². The molecule has 0 atom stereocenters. The Hall–Kier alpha value is -3.94. The average Bonchev–Trinajstić information content (AvgIpc) is 2.78. The number of para-hydroxylation sites is 1. The molecule has 0 aliphatic rings.